The molecule has 23 heavy (non-hydrogen) atoms. The molecule has 3 rings (SSSR count). The van der Waals surface area contributed by atoms with Gasteiger partial charge in [-0.05, 0) is 44.4 Å². The molecule has 1 aliphatic rings. The second kappa shape index (κ2) is 6.48. The molecule has 1 unspecified atom stereocenters. The Labute approximate surface area is 137 Å². The number of hydrogen-bond acceptors (Lipinski definition) is 5. The zero-order valence-corrected chi connectivity index (χ0v) is 14.2. The van der Waals surface area contributed by atoms with E-state index >= 15 is 0 Å². The normalized spacial score (nSPS) is 17.6. The van der Waals surface area contributed by atoms with Gasteiger partial charge in [0.2, 0.25) is 5.95 Å². The summed E-state index contributed by atoms with van der Waals surface area (Å²) in [4.78, 5) is 2.35. The number of methoxy groups -OCH3 is 2. The average Bonchev–Trinajstić information content (AvgIpc) is 3.20. The zero-order chi connectivity index (χ0) is 16.4. The van der Waals surface area contributed by atoms with Crippen LogP contribution in [0.15, 0.2) is 18.2 Å². The van der Waals surface area contributed by atoms with Crippen LogP contribution >= 0.6 is 0 Å². The van der Waals surface area contributed by atoms with E-state index in [4.69, 9.17) is 9.47 Å². The maximum Gasteiger partial charge on any atom is 0.227 e. The van der Waals surface area contributed by atoms with Crippen molar-refractivity contribution in [1.29, 1.82) is 0 Å². The lowest BCUT2D eigenvalue weighted by atomic mass is 10.0. The first-order chi connectivity index (χ1) is 11.2. The molecule has 2 aromatic rings. The monoisotopic (exact) mass is 316 g/mol. The van der Waals surface area contributed by atoms with Crippen LogP contribution < -0.4 is 14.4 Å². The van der Waals surface area contributed by atoms with Crippen LogP contribution in [0.2, 0.25) is 0 Å². The van der Waals surface area contributed by atoms with Gasteiger partial charge in [-0.2, -0.15) is 0 Å². The molecule has 0 bridgehead atoms. The number of rotatable bonds is 5. The van der Waals surface area contributed by atoms with Gasteiger partial charge in [0.1, 0.15) is 5.82 Å². The molecule has 0 radical (unpaired) electrons. The second-order valence-electron chi connectivity index (χ2n) is 5.76. The van der Waals surface area contributed by atoms with Crippen molar-refractivity contribution >= 4 is 5.95 Å². The standard InChI is InChI=1S/C17H24N4O2/c1-5-20-12(2)18-19-17(20)21-10-6-7-14(21)13-8-9-15(22-3)16(11-13)23-4/h8-9,11,14H,5-7,10H2,1-4H3. The summed E-state index contributed by atoms with van der Waals surface area (Å²) in [5.41, 5.74) is 1.23. The quantitative estimate of drug-likeness (QED) is 0.849. The van der Waals surface area contributed by atoms with Crippen LogP contribution in [0.1, 0.15) is 37.2 Å². The summed E-state index contributed by atoms with van der Waals surface area (Å²) in [6, 6.07) is 6.45. The fraction of sp³-hybridized carbons (Fsp3) is 0.529. The highest BCUT2D eigenvalue weighted by molar-refractivity contribution is 5.47. The molecule has 1 fully saturated rings. The predicted octanol–water partition coefficient (Wildman–Crippen LogP) is 2.97. The van der Waals surface area contributed by atoms with E-state index in [0.717, 1.165) is 49.2 Å². The van der Waals surface area contributed by atoms with E-state index in [9.17, 15) is 0 Å². The molecule has 0 amide bonds. The predicted molar refractivity (Wildman–Crippen MR) is 89.3 cm³/mol. The number of hydrogen-bond donors (Lipinski definition) is 0. The van der Waals surface area contributed by atoms with E-state index in [2.05, 4.69) is 38.7 Å². The molecule has 1 aromatic carbocycles. The van der Waals surface area contributed by atoms with E-state index in [1.807, 2.05) is 13.0 Å². The molecule has 0 N–H and O–H groups in total. The Kier molecular flexibility index (Phi) is 4.41. The van der Waals surface area contributed by atoms with Crippen molar-refractivity contribution in [2.75, 3.05) is 25.7 Å². The third kappa shape index (κ3) is 2.73. The zero-order valence-electron chi connectivity index (χ0n) is 14.2. The molecular formula is C17H24N4O2. The fourth-order valence-electron chi connectivity index (χ4n) is 3.37. The first kappa shape index (κ1) is 15.6. The highest BCUT2D eigenvalue weighted by Gasteiger charge is 2.30. The Morgan fingerprint density at radius 2 is 1.96 bits per heavy atom. The van der Waals surface area contributed by atoms with Crippen molar-refractivity contribution in [2.45, 2.75) is 39.3 Å². The van der Waals surface area contributed by atoms with Gasteiger partial charge in [-0.3, -0.25) is 4.57 Å². The molecule has 6 heteroatoms. The third-order valence-electron chi connectivity index (χ3n) is 4.53. The highest BCUT2D eigenvalue weighted by atomic mass is 16.5. The molecule has 1 aromatic heterocycles. The lowest BCUT2D eigenvalue weighted by Crippen LogP contribution is -2.26. The van der Waals surface area contributed by atoms with E-state index in [-0.39, 0.29) is 0 Å². The average molecular weight is 316 g/mol. The molecule has 1 aliphatic heterocycles. The smallest absolute Gasteiger partial charge is 0.227 e. The summed E-state index contributed by atoms with van der Waals surface area (Å²) in [5, 5.41) is 8.65. The van der Waals surface area contributed by atoms with Gasteiger partial charge in [0.25, 0.3) is 0 Å². The van der Waals surface area contributed by atoms with Crippen LogP contribution in [0.5, 0.6) is 11.5 Å². The van der Waals surface area contributed by atoms with Crippen LogP contribution in [0.3, 0.4) is 0 Å². The van der Waals surface area contributed by atoms with Crippen molar-refractivity contribution in [3.8, 4) is 11.5 Å². The lowest BCUT2D eigenvalue weighted by Gasteiger charge is -2.26. The molecule has 0 spiro atoms. The van der Waals surface area contributed by atoms with Crippen molar-refractivity contribution in [3.63, 3.8) is 0 Å². The topological polar surface area (TPSA) is 52.4 Å². The SMILES string of the molecule is CCn1c(C)nnc1N1CCCC1c1ccc(OC)c(OC)c1. The summed E-state index contributed by atoms with van der Waals surface area (Å²) in [7, 11) is 3.33. The van der Waals surface area contributed by atoms with Crippen LogP contribution in [-0.4, -0.2) is 35.5 Å². The summed E-state index contributed by atoms with van der Waals surface area (Å²) < 4.78 is 13.0. The highest BCUT2D eigenvalue weighted by Crippen LogP contribution is 2.38. The maximum atomic E-state index is 5.45. The first-order valence-corrected chi connectivity index (χ1v) is 8.08. The van der Waals surface area contributed by atoms with Gasteiger partial charge in [-0.15, -0.1) is 10.2 Å². The lowest BCUT2D eigenvalue weighted by molar-refractivity contribution is 0.354. The number of anilines is 1. The molecule has 6 nitrogen and oxygen atoms in total. The molecule has 1 atom stereocenters. The summed E-state index contributed by atoms with van der Waals surface area (Å²) in [6.07, 6.45) is 2.25. The van der Waals surface area contributed by atoms with Gasteiger partial charge in [0, 0.05) is 13.1 Å². The molecule has 1 saturated heterocycles. The van der Waals surface area contributed by atoms with E-state index in [1.165, 1.54) is 5.56 Å². The largest absolute Gasteiger partial charge is 0.493 e. The number of nitrogens with zero attached hydrogens (tertiary/aromatic N) is 4. The minimum atomic E-state index is 0.295. The molecule has 124 valence electrons. The van der Waals surface area contributed by atoms with Gasteiger partial charge in [0.05, 0.1) is 20.3 Å². The van der Waals surface area contributed by atoms with Gasteiger partial charge in [0.15, 0.2) is 11.5 Å². The second-order valence-corrected chi connectivity index (χ2v) is 5.76. The van der Waals surface area contributed by atoms with E-state index in [0.29, 0.717) is 6.04 Å². The summed E-state index contributed by atoms with van der Waals surface area (Å²) in [6.45, 7) is 6.00. The Hall–Kier alpha value is -2.24. The van der Waals surface area contributed by atoms with Crippen LogP contribution in [0, 0.1) is 6.92 Å². The first-order valence-electron chi connectivity index (χ1n) is 8.08. The van der Waals surface area contributed by atoms with Gasteiger partial charge in [-0.1, -0.05) is 6.07 Å². The van der Waals surface area contributed by atoms with Crippen LogP contribution in [-0.2, 0) is 6.54 Å². The number of benzene rings is 1. The minimum Gasteiger partial charge on any atom is -0.493 e. The van der Waals surface area contributed by atoms with Crippen molar-refractivity contribution in [1.82, 2.24) is 14.8 Å². The Morgan fingerprint density at radius 1 is 1.17 bits per heavy atom. The van der Waals surface area contributed by atoms with E-state index < -0.39 is 0 Å². The molecular weight excluding hydrogens is 292 g/mol. The Balaban J connectivity index is 1.95. The van der Waals surface area contributed by atoms with Crippen molar-refractivity contribution in [3.05, 3.63) is 29.6 Å². The van der Waals surface area contributed by atoms with Crippen molar-refractivity contribution < 1.29 is 9.47 Å². The molecule has 0 aliphatic carbocycles. The summed E-state index contributed by atoms with van der Waals surface area (Å²) >= 11 is 0. The number of ether oxygens (including phenoxy) is 2. The van der Waals surface area contributed by atoms with E-state index in [1.54, 1.807) is 14.2 Å². The van der Waals surface area contributed by atoms with Gasteiger partial charge < -0.3 is 14.4 Å². The minimum absolute atomic E-state index is 0.295. The van der Waals surface area contributed by atoms with Crippen LogP contribution in [0.25, 0.3) is 0 Å². The molecule has 2 heterocycles. The Bertz CT molecular complexity index is 683. The van der Waals surface area contributed by atoms with Crippen molar-refractivity contribution in [2.24, 2.45) is 0 Å². The maximum absolute atomic E-state index is 5.45. The number of aromatic nitrogens is 3. The number of aryl methyl sites for hydroxylation is 1. The fourth-order valence-corrected chi connectivity index (χ4v) is 3.37. The third-order valence-corrected chi connectivity index (χ3v) is 4.53. The van der Waals surface area contributed by atoms with Crippen LogP contribution in [0.4, 0.5) is 5.95 Å². The molecule has 0 saturated carbocycles. The van der Waals surface area contributed by atoms with Gasteiger partial charge in [-0.25, -0.2) is 0 Å². The summed E-state index contributed by atoms with van der Waals surface area (Å²) in [5.74, 6) is 3.45. The Morgan fingerprint density at radius 3 is 2.65 bits per heavy atom. The van der Waals surface area contributed by atoms with Gasteiger partial charge >= 0.3 is 0 Å².